The van der Waals surface area contributed by atoms with E-state index in [-0.39, 0.29) is 11.8 Å². The van der Waals surface area contributed by atoms with Gasteiger partial charge in [0.2, 0.25) is 5.91 Å². The Balaban J connectivity index is 1.35. The van der Waals surface area contributed by atoms with Crippen LogP contribution in [0.4, 0.5) is 11.4 Å². The van der Waals surface area contributed by atoms with Crippen LogP contribution in [-0.2, 0) is 4.79 Å². The van der Waals surface area contributed by atoms with Crippen molar-refractivity contribution in [1.29, 1.82) is 0 Å². The van der Waals surface area contributed by atoms with Gasteiger partial charge in [0.1, 0.15) is 19.0 Å². The molecule has 1 aliphatic heterocycles. The second-order valence-corrected chi connectivity index (χ2v) is 7.75. The number of para-hydroxylation sites is 1. The highest BCUT2D eigenvalue weighted by Gasteiger charge is 2.21. The van der Waals surface area contributed by atoms with E-state index in [0.717, 1.165) is 24.4 Å². The number of amides is 2. The van der Waals surface area contributed by atoms with Crippen molar-refractivity contribution in [3.05, 3.63) is 78.4 Å². The number of hydrogen-bond acceptors (Lipinski definition) is 5. The molecule has 0 spiro atoms. The second kappa shape index (κ2) is 11.2. The van der Waals surface area contributed by atoms with E-state index in [2.05, 4.69) is 5.32 Å². The van der Waals surface area contributed by atoms with Gasteiger partial charge in [0.25, 0.3) is 5.91 Å². The van der Waals surface area contributed by atoms with Gasteiger partial charge in [-0.15, -0.1) is 0 Å². The van der Waals surface area contributed by atoms with Gasteiger partial charge in [-0.2, -0.15) is 0 Å². The first-order valence-corrected chi connectivity index (χ1v) is 11.4. The minimum absolute atomic E-state index is 0.133. The van der Waals surface area contributed by atoms with Crippen molar-refractivity contribution in [2.24, 2.45) is 0 Å². The molecule has 3 aromatic carbocycles. The molecule has 0 aliphatic carbocycles. The van der Waals surface area contributed by atoms with Gasteiger partial charge in [0.05, 0.1) is 6.61 Å². The number of nitrogens with zero attached hydrogens (tertiary/aromatic N) is 1. The van der Waals surface area contributed by atoms with Crippen LogP contribution in [-0.4, -0.2) is 38.2 Å². The van der Waals surface area contributed by atoms with Gasteiger partial charge < -0.3 is 24.4 Å². The van der Waals surface area contributed by atoms with Crippen LogP contribution in [0.15, 0.2) is 72.8 Å². The molecule has 1 N–H and O–H groups in total. The summed E-state index contributed by atoms with van der Waals surface area (Å²) in [5.74, 6) is 1.70. The summed E-state index contributed by atoms with van der Waals surface area (Å²) in [5, 5.41) is 2.89. The summed E-state index contributed by atoms with van der Waals surface area (Å²) < 4.78 is 17.2. The fraction of sp³-hybridized carbons (Fsp3) is 0.259. The van der Waals surface area contributed by atoms with Crippen molar-refractivity contribution in [1.82, 2.24) is 0 Å². The van der Waals surface area contributed by atoms with Crippen molar-refractivity contribution in [3.8, 4) is 17.2 Å². The molecule has 176 valence electrons. The third-order valence-electron chi connectivity index (χ3n) is 5.37. The standard InChI is InChI=1S/C27H28N2O5/c1-2-32-25-19-20(10-15-24(25)34-18-17-33-23-7-4-3-5-8-23)27(31)28-21-11-13-22(14-12-21)29-16-6-9-26(29)30/h3-5,7-8,10-15,19H,2,6,9,16-18H2,1H3,(H,28,31). The minimum Gasteiger partial charge on any atom is -0.490 e. The number of nitrogens with one attached hydrogen (secondary N) is 1. The van der Waals surface area contributed by atoms with Gasteiger partial charge in [-0.25, -0.2) is 0 Å². The van der Waals surface area contributed by atoms with E-state index in [9.17, 15) is 9.59 Å². The summed E-state index contributed by atoms with van der Waals surface area (Å²) in [6.45, 7) is 3.78. The molecule has 4 rings (SSSR count). The van der Waals surface area contributed by atoms with E-state index < -0.39 is 0 Å². The van der Waals surface area contributed by atoms with E-state index in [4.69, 9.17) is 14.2 Å². The van der Waals surface area contributed by atoms with Gasteiger partial charge in [0, 0.05) is 29.9 Å². The normalized spacial score (nSPS) is 13.0. The summed E-state index contributed by atoms with van der Waals surface area (Å²) in [6.07, 6.45) is 1.46. The number of ether oxygens (including phenoxy) is 3. The Morgan fingerprint density at radius 1 is 0.912 bits per heavy atom. The number of rotatable bonds is 10. The molecule has 7 nitrogen and oxygen atoms in total. The average molecular weight is 461 g/mol. The van der Waals surface area contributed by atoms with Crippen LogP contribution in [0.3, 0.4) is 0 Å². The van der Waals surface area contributed by atoms with Crippen molar-refractivity contribution in [2.75, 3.05) is 36.6 Å². The number of anilines is 2. The Morgan fingerprint density at radius 3 is 2.38 bits per heavy atom. The predicted molar refractivity (Wildman–Crippen MR) is 131 cm³/mol. The average Bonchev–Trinajstić information content (AvgIpc) is 3.29. The van der Waals surface area contributed by atoms with Crippen LogP contribution in [0.25, 0.3) is 0 Å². The monoisotopic (exact) mass is 460 g/mol. The Labute approximate surface area is 199 Å². The first-order valence-electron chi connectivity index (χ1n) is 11.4. The Morgan fingerprint density at radius 2 is 1.68 bits per heavy atom. The predicted octanol–water partition coefficient (Wildman–Crippen LogP) is 4.92. The topological polar surface area (TPSA) is 77.1 Å². The Kier molecular flexibility index (Phi) is 7.65. The van der Waals surface area contributed by atoms with E-state index in [1.165, 1.54) is 0 Å². The molecule has 0 bridgehead atoms. The molecule has 1 saturated heterocycles. The molecule has 1 heterocycles. The summed E-state index contributed by atoms with van der Waals surface area (Å²) >= 11 is 0. The molecule has 2 amide bonds. The van der Waals surface area contributed by atoms with E-state index in [0.29, 0.717) is 49.0 Å². The van der Waals surface area contributed by atoms with E-state index in [1.807, 2.05) is 49.4 Å². The molecular weight excluding hydrogens is 432 g/mol. The van der Waals surface area contributed by atoms with Crippen molar-refractivity contribution < 1.29 is 23.8 Å². The lowest BCUT2D eigenvalue weighted by Gasteiger charge is -2.16. The number of hydrogen-bond donors (Lipinski definition) is 1. The molecule has 3 aromatic rings. The third kappa shape index (κ3) is 5.86. The van der Waals surface area contributed by atoms with Crippen LogP contribution in [0, 0.1) is 0 Å². The van der Waals surface area contributed by atoms with Gasteiger partial charge >= 0.3 is 0 Å². The molecule has 1 fully saturated rings. The van der Waals surface area contributed by atoms with Crippen LogP contribution in [0.5, 0.6) is 17.2 Å². The summed E-state index contributed by atoms with van der Waals surface area (Å²) in [4.78, 5) is 26.5. The third-order valence-corrected chi connectivity index (χ3v) is 5.37. The fourth-order valence-electron chi connectivity index (χ4n) is 3.71. The van der Waals surface area contributed by atoms with Crippen LogP contribution >= 0.6 is 0 Å². The quantitative estimate of drug-likeness (QED) is 0.435. The van der Waals surface area contributed by atoms with Crippen molar-refractivity contribution in [2.45, 2.75) is 19.8 Å². The Bertz CT molecular complexity index is 1120. The molecule has 0 saturated carbocycles. The van der Waals surface area contributed by atoms with Crippen LogP contribution in [0.1, 0.15) is 30.1 Å². The van der Waals surface area contributed by atoms with Crippen molar-refractivity contribution >= 4 is 23.2 Å². The summed E-state index contributed by atoms with van der Waals surface area (Å²) in [6, 6.07) is 21.9. The first-order chi connectivity index (χ1) is 16.6. The molecule has 7 heteroatoms. The number of carbonyl (C=O) groups excluding carboxylic acids is 2. The lowest BCUT2D eigenvalue weighted by molar-refractivity contribution is -0.117. The van der Waals surface area contributed by atoms with Crippen LogP contribution < -0.4 is 24.4 Å². The van der Waals surface area contributed by atoms with Crippen LogP contribution in [0.2, 0.25) is 0 Å². The fourth-order valence-corrected chi connectivity index (χ4v) is 3.71. The second-order valence-electron chi connectivity index (χ2n) is 7.75. The van der Waals surface area contributed by atoms with Gasteiger partial charge in [0.15, 0.2) is 11.5 Å². The van der Waals surface area contributed by atoms with E-state index in [1.54, 1.807) is 35.2 Å². The summed E-state index contributed by atoms with van der Waals surface area (Å²) in [7, 11) is 0. The molecular formula is C27H28N2O5. The molecule has 0 atom stereocenters. The highest BCUT2D eigenvalue weighted by atomic mass is 16.5. The minimum atomic E-state index is -0.259. The molecule has 0 unspecified atom stereocenters. The maximum Gasteiger partial charge on any atom is 0.255 e. The molecule has 0 radical (unpaired) electrons. The summed E-state index contributed by atoms with van der Waals surface area (Å²) in [5.41, 5.74) is 1.95. The highest BCUT2D eigenvalue weighted by Crippen LogP contribution is 2.29. The van der Waals surface area contributed by atoms with Gasteiger partial charge in [-0.3, -0.25) is 9.59 Å². The maximum atomic E-state index is 12.8. The van der Waals surface area contributed by atoms with E-state index >= 15 is 0 Å². The first kappa shape index (κ1) is 23.2. The largest absolute Gasteiger partial charge is 0.490 e. The lowest BCUT2D eigenvalue weighted by Crippen LogP contribution is -2.23. The molecule has 34 heavy (non-hydrogen) atoms. The SMILES string of the molecule is CCOc1cc(C(=O)Nc2ccc(N3CCCC3=O)cc2)ccc1OCCOc1ccccc1. The smallest absolute Gasteiger partial charge is 0.255 e. The zero-order chi connectivity index (χ0) is 23.8. The highest BCUT2D eigenvalue weighted by molar-refractivity contribution is 6.05. The van der Waals surface area contributed by atoms with Crippen molar-refractivity contribution in [3.63, 3.8) is 0 Å². The maximum absolute atomic E-state index is 12.8. The molecule has 1 aliphatic rings. The zero-order valence-electron chi connectivity index (χ0n) is 19.2. The molecule has 0 aromatic heterocycles. The lowest BCUT2D eigenvalue weighted by atomic mass is 10.1. The van der Waals surface area contributed by atoms with Gasteiger partial charge in [-0.1, -0.05) is 18.2 Å². The zero-order valence-corrected chi connectivity index (χ0v) is 19.2. The Hall–Kier alpha value is -4.00. The number of carbonyl (C=O) groups is 2. The van der Waals surface area contributed by atoms with Gasteiger partial charge in [-0.05, 0) is 67.9 Å². The number of benzene rings is 3.